The van der Waals surface area contributed by atoms with Crippen LogP contribution < -0.4 is 9.47 Å². The summed E-state index contributed by atoms with van der Waals surface area (Å²) in [7, 11) is 0. The molecule has 180 valence electrons. The van der Waals surface area contributed by atoms with Crippen molar-refractivity contribution in [3.05, 3.63) is 23.8 Å². The number of esters is 1. The molecule has 1 unspecified atom stereocenters. The molecular weight excluding hydrogens is 416 g/mol. The molecule has 0 saturated heterocycles. The average molecular weight is 455 g/mol. The maximum atomic E-state index is 12.4. The summed E-state index contributed by atoms with van der Waals surface area (Å²) in [5, 5.41) is 10.2. The Labute approximate surface area is 197 Å². The Hall–Kier alpha value is -2.04. The predicted octanol–water partition coefficient (Wildman–Crippen LogP) is 6.03. The smallest absolute Gasteiger partial charge is 0.309 e. The molecular formula is C28H38O5. The summed E-state index contributed by atoms with van der Waals surface area (Å²) < 4.78 is 12.1. The average Bonchev–Trinajstić information content (AvgIpc) is 2.71. The molecule has 3 fully saturated rings. The fraction of sp³-hybridized carbons (Fsp3) is 0.714. The van der Waals surface area contributed by atoms with E-state index in [2.05, 4.69) is 20.8 Å². The lowest BCUT2D eigenvalue weighted by atomic mass is 9.37. The van der Waals surface area contributed by atoms with E-state index in [-0.39, 0.29) is 28.3 Å². The normalized spacial score (nSPS) is 43.7. The van der Waals surface area contributed by atoms with Gasteiger partial charge in [0.05, 0.1) is 5.41 Å². The van der Waals surface area contributed by atoms with E-state index in [0.29, 0.717) is 17.6 Å². The predicted molar refractivity (Wildman–Crippen MR) is 125 cm³/mol. The maximum Gasteiger partial charge on any atom is 0.309 e. The Morgan fingerprint density at radius 2 is 1.67 bits per heavy atom. The highest BCUT2D eigenvalue weighted by Crippen LogP contribution is 2.70. The van der Waals surface area contributed by atoms with E-state index in [1.54, 1.807) is 0 Å². The molecule has 5 heteroatoms. The Balaban J connectivity index is 1.52. The van der Waals surface area contributed by atoms with E-state index in [0.717, 1.165) is 62.7 Å². The van der Waals surface area contributed by atoms with Gasteiger partial charge in [-0.1, -0.05) is 20.3 Å². The molecule has 5 rings (SSSR count). The summed E-state index contributed by atoms with van der Waals surface area (Å²) in [4.78, 5) is 23.9. The molecule has 1 aliphatic heterocycles. The molecule has 7 atom stereocenters. The van der Waals surface area contributed by atoms with Gasteiger partial charge in [0.15, 0.2) is 0 Å². The summed E-state index contributed by atoms with van der Waals surface area (Å²) in [6.07, 6.45) is 7.92. The zero-order valence-corrected chi connectivity index (χ0v) is 20.7. The van der Waals surface area contributed by atoms with E-state index < -0.39 is 11.4 Å². The minimum Gasteiger partial charge on any atom is -0.487 e. The molecule has 3 aliphatic carbocycles. The van der Waals surface area contributed by atoms with Gasteiger partial charge in [0.2, 0.25) is 0 Å². The Morgan fingerprint density at radius 3 is 2.36 bits per heavy atom. The van der Waals surface area contributed by atoms with Gasteiger partial charge in [-0.25, -0.2) is 0 Å². The number of carbonyl (C=O) groups is 2. The van der Waals surface area contributed by atoms with Crippen LogP contribution in [0.2, 0.25) is 0 Å². The van der Waals surface area contributed by atoms with Crippen LogP contribution in [0.25, 0.3) is 0 Å². The van der Waals surface area contributed by atoms with Crippen molar-refractivity contribution in [2.75, 3.05) is 0 Å². The van der Waals surface area contributed by atoms with Gasteiger partial charge in [-0.15, -0.1) is 0 Å². The minimum atomic E-state index is -0.621. The number of benzene rings is 1. The Kier molecular flexibility index (Phi) is 4.98. The zero-order chi connectivity index (χ0) is 23.8. The summed E-state index contributed by atoms with van der Waals surface area (Å²) in [5.74, 6) is 1.61. The number of carbonyl (C=O) groups excluding carboxylic acids is 1. The van der Waals surface area contributed by atoms with Crippen molar-refractivity contribution in [1.82, 2.24) is 0 Å². The SMILES string of the molecule is CC(=O)Oc1ccc2c(c1)C[C@H]1[C@]3(C)CCC4[C@](C)(CCC[C@]4(C)C(=O)O)[C@H]3CC[C@]1(C)O2. The molecule has 0 bridgehead atoms. The first-order chi connectivity index (χ1) is 15.4. The highest BCUT2D eigenvalue weighted by atomic mass is 16.5. The van der Waals surface area contributed by atoms with E-state index in [1.807, 2.05) is 25.1 Å². The number of fused-ring (bicyclic) bond motifs is 6. The number of rotatable bonds is 2. The van der Waals surface area contributed by atoms with Gasteiger partial charge < -0.3 is 14.6 Å². The van der Waals surface area contributed by atoms with Crippen molar-refractivity contribution in [2.45, 2.75) is 91.6 Å². The number of aliphatic carboxylic acids is 1. The van der Waals surface area contributed by atoms with Crippen molar-refractivity contribution in [3.8, 4) is 11.5 Å². The third kappa shape index (κ3) is 3.17. The number of ether oxygens (including phenoxy) is 2. The largest absolute Gasteiger partial charge is 0.487 e. The van der Waals surface area contributed by atoms with Crippen LogP contribution in [0.15, 0.2) is 18.2 Å². The molecule has 4 aliphatic rings. The third-order valence-electron chi connectivity index (χ3n) is 10.6. The molecule has 0 spiro atoms. The highest BCUT2D eigenvalue weighted by Gasteiger charge is 2.67. The van der Waals surface area contributed by atoms with Gasteiger partial charge in [0.1, 0.15) is 17.1 Å². The van der Waals surface area contributed by atoms with Gasteiger partial charge in [-0.2, -0.15) is 0 Å². The molecule has 0 radical (unpaired) electrons. The first-order valence-corrected chi connectivity index (χ1v) is 12.7. The topological polar surface area (TPSA) is 72.8 Å². The van der Waals surface area contributed by atoms with E-state index in [4.69, 9.17) is 9.47 Å². The van der Waals surface area contributed by atoms with Crippen LogP contribution in [-0.4, -0.2) is 22.6 Å². The fourth-order valence-corrected chi connectivity index (χ4v) is 9.08. The summed E-state index contributed by atoms with van der Waals surface area (Å²) >= 11 is 0. The monoisotopic (exact) mass is 454 g/mol. The second kappa shape index (κ2) is 7.23. The lowest BCUT2D eigenvalue weighted by Gasteiger charge is -2.68. The quantitative estimate of drug-likeness (QED) is 0.436. The molecule has 1 aromatic carbocycles. The van der Waals surface area contributed by atoms with E-state index >= 15 is 0 Å². The standard InChI is InChI=1S/C28H38O5/c1-17(29)32-19-7-8-20-18(15-19)16-23-26(3)13-9-22-25(2,11-6-12-27(22,4)24(30)31)21(26)10-14-28(23,5)33-20/h7-8,15,21-23H,6,9-14,16H2,1-5H3,(H,30,31)/t21-,22?,23+,25-,26-,27+,28+/m1/s1. The van der Waals surface area contributed by atoms with Crippen molar-refractivity contribution < 1.29 is 24.2 Å². The zero-order valence-electron chi connectivity index (χ0n) is 20.7. The molecule has 1 N–H and O–H groups in total. The summed E-state index contributed by atoms with van der Waals surface area (Å²) in [6.45, 7) is 10.6. The van der Waals surface area contributed by atoms with Gasteiger partial charge in [-0.3, -0.25) is 9.59 Å². The van der Waals surface area contributed by atoms with Crippen LogP contribution in [-0.2, 0) is 16.0 Å². The van der Waals surface area contributed by atoms with Crippen LogP contribution >= 0.6 is 0 Å². The lowest BCUT2D eigenvalue weighted by molar-refractivity contribution is -0.214. The summed E-state index contributed by atoms with van der Waals surface area (Å²) in [6, 6.07) is 5.73. The maximum absolute atomic E-state index is 12.4. The molecule has 1 aromatic rings. The van der Waals surface area contributed by atoms with Gasteiger partial charge in [0.25, 0.3) is 0 Å². The number of hydrogen-bond acceptors (Lipinski definition) is 4. The molecule has 0 aromatic heterocycles. The number of carboxylic acids is 1. The Bertz CT molecular complexity index is 1000. The van der Waals surface area contributed by atoms with Gasteiger partial charge >= 0.3 is 11.9 Å². The number of carboxylic acid groups (broad SMARTS) is 1. The molecule has 1 heterocycles. The van der Waals surface area contributed by atoms with Crippen molar-refractivity contribution >= 4 is 11.9 Å². The second-order valence-corrected chi connectivity index (χ2v) is 12.3. The van der Waals surface area contributed by atoms with Crippen molar-refractivity contribution in [3.63, 3.8) is 0 Å². The Morgan fingerprint density at radius 1 is 0.970 bits per heavy atom. The molecule has 3 saturated carbocycles. The molecule has 5 nitrogen and oxygen atoms in total. The van der Waals surface area contributed by atoms with Crippen molar-refractivity contribution in [1.29, 1.82) is 0 Å². The van der Waals surface area contributed by atoms with Gasteiger partial charge in [-0.05, 0) is 105 Å². The minimum absolute atomic E-state index is 0.0413. The van der Waals surface area contributed by atoms with Crippen LogP contribution in [0, 0.1) is 34.0 Å². The van der Waals surface area contributed by atoms with Crippen LogP contribution in [0.5, 0.6) is 11.5 Å². The van der Waals surface area contributed by atoms with Crippen molar-refractivity contribution in [2.24, 2.45) is 34.0 Å². The highest BCUT2D eigenvalue weighted by molar-refractivity contribution is 5.75. The first-order valence-electron chi connectivity index (χ1n) is 12.7. The van der Waals surface area contributed by atoms with E-state index in [1.165, 1.54) is 6.92 Å². The molecule has 33 heavy (non-hydrogen) atoms. The van der Waals surface area contributed by atoms with Crippen LogP contribution in [0.4, 0.5) is 0 Å². The summed E-state index contributed by atoms with van der Waals surface area (Å²) in [5.41, 5.74) is 0.395. The number of hydrogen-bond donors (Lipinski definition) is 1. The third-order valence-corrected chi connectivity index (χ3v) is 10.6. The van der Waals surface area contributed by atoms with Crippen LogP contribution in [0.3, 0.4) is 0 Å². The first kappa shape index (κ1) is 22.7. The van der Waals surface area contributed by atoms with Gasteiger partial charge in [0, 0.05) is 12.8 Å². The fourth-order valence-electron chi connectivity index (χ4n) is 9.08. The molecule has 0 amide bonds. The van der Waals surface area contributed by atoms with Crippen LogP contribution in [0.1, 0.15) is 85.1 Å². The lowest BCUT2D eigenvalue weighted by Crippen LogP contribution is -2.65. The second-order valence-electron chi connectivity index (χ2n) is 12.3. The van der Waals surface area contributed by atoms with E-state index in [9.17, 15) is 14.7 Å².